The van der Waals surface area contributed by atoms with Gasteiger partial charge in [-0.1, -0.05) is 6.07 Å². The zero-order valence-electron chi connectivity index (χ0n) is 15.0. The number of ether oxygens (including phenoxy) is 2. The van der Waals surface area contributed by atoms with E-state index in [1.54, 1.807) is 18.4 Å². The lowest BCUT2D eigenvalue weighted by atomic mass is 9.95. The Balaban J connectivity index is 1.38. The van der Waals surface area contributed by atoms with Crippen molar-refractivity contribution in [3.63, 3.8) is 0 Å². The van der Waals surface area contributed by atoms with Crippen LogP contribution in [0.25, 0.3) is 0 Å². The lowest BCUT2D eigenvalue weighted by Crippen LogP contribution is -2.35. The number of benzene rings is 1. The van der Waals surface area contributed by atoms with Gasteiger partial charge in [0.25, 0.3) is 5.91 Å². The Labute approximate surface area is 157 Å². The van der Waals surface area contributed by atoms with E-state index >= 15 is 0 Å². The fourth-order valence-electron chi connectivity index (χ4n) is 3.63. The van der Waals surface area contributed by atoms with E-state index in [0.717, 1.165) is 42.4 Å². The van der Waals surface area contributed by atoms with E-state index in [-0.39, 0.29) is 5.91 Å². The summed E-state index contributed by atoms with van der Waals surface area (Å²) in [6, 6.07) is 6.55. The first-order chi connectivity index (χ1) is 12.7. The lowest BCUT2D eigenvalue weighted by Gasteiger charge is -2.35. The molecular weight excluding hydrogens is 350 g/mol. The average molecular weight is 373 g/mol. The van der Waals surface area contributed by atoms with E-state index in [9.17, 15) is 4.79 Å². The second-order valence-corrected chi connectivity index (χ2v) is 7.64. The molecule has 0 saturated carbocycles. The molecule has 1 atom stereocenters. The predicted octanol–water partition coefficient (Wildman–Crippen LogP) is 3.17. The molecule has 26 heavy (non-hydrogen) atoms. The predicted molar refractivity (Wildman–Crippen MR) is 100 cm³/mol. The van der Waals surface area contributed by atoms with Gasteiger partial charge in [0.15, 0.2) is 11.5 Å². The van der Waals surface area contributed by atoms with Crippen molar-refractivity contribution in [2.24, 2.45) is 0 Å². The van der Waals surface area contributed by atoms with Crippen LogP contribution >= 0.6 is 11.3 Å². The van der Waals surface area contributed by atoms with Crippen LogP contribution < -0.4 is 14.8 Å². The molecule has 1 aromatic carbocycles. The van der Waals surface area contributed by atoms with Crippen LogP contribution in [0.3, 0.4) is 0 Å². The smallest absolute Gasteiger partial charge is 0.270 e. The minimum absolute atomic E-state index is 0.110. The van der Waals surface area contributed by atoms with E-state index in [0.29, 0.717) is 24.4 Å². The maximum atomic E-state index is 11.7. The number of hydrogen-bond acceptors (Lipinski definition) is 6. The Hall–Kier alpha value is -2.12. The Morgan fingerprint density at radius 3 is 2.85 bits per heavy atom. The van der Waals surface area contributed by atoms with Gasteiger partial charge in [0.1, 0.15) is 5.69 Å². The van der Waals surface area contributed by atoms with Gasteiger partial charge in [-0.2, -0.15) is 0 Å². The minimum Gasteiger partial charge on any atom is -0.454 e. The van der Waals surface area contributed by atoms with Gasteiger partial charge >= 0.3 is 0 Å². The molecule has 0 radical (unpaired) electrons. The summed E-state index contributed by atoms with van der Waals surface area (Å²) >= 11 is 1.60. The third-order valence-corrected chi connectivity index (χ3v) is 6.29. The normalized spacial score (nSPS) is 18.7. The van der Waals surface area contributed by atoms with Gasteiger partial charge in [-0.3, -0.25) is 9.69 Å². The number of rotatable bonds is 4. The number of hydrogen-bond donors (Lipinski definition) is 1. The lowest BCUT2D eigenvalue weighted by molar-refractivity contribution is 0.0958. The SMILES string of the molecule is CNC(=O)c1csc(C2CCN(C(C)c3ccc4c(c3)OCO4)CC2)n1. The van der Waals surface area contributed by atoms with Crippen LogP contribution in [0.15, 0.2) is 23.6 Å². The number of amides is 1. The van der Waals surface area contributed by atoms with Gasteiger partial charge < -0.3 is 14.8 Å². The Morgan fingerprint density at radius 2 is 2.08 bits per heavy atom. The number of nitrogens with zero attached hydrogens (tertiary/aromatic N) is 2. The fraction of sp³-hybridized carbons (Fsp3) is 0.474. The summed E-state index contributed by atoms with van der Waals surface area (Å²) in [6.45, 7) is 4.60. The van der Waals surface area contributed by atoms with E-state index < -0.39 is 0 Å². The van der Waals surface area contributed by atoms with Crippen molar-refractivity contribution in [3.05, 3.63) is 39.8 Å². The van der Waals surface area contributed by atoms with Crippen molar-refractivity contribution in [2.75, 3.05) is 26.9 Å². The molecule has 6 nitrogen and oxygen atoms in total. The quantitative estimate of drug-likeness (QED) is 0.892. The summed E-state index contributed by atoms with van der Waals surface area (Å²) < 4.78 is 10.9. The molecule has 7 heteroatoms. The molecule has 1 saturated heterocycles. The Kier molecular flexibility index (Phi) is 4.82. The molecule has 1 fully saturated rings. The highest BCUT2D eigenvalue weighted by molar-refractivity contribution is 7.09. The monoisotopic (exact) mass is 373 g/mol. The average Bonchev–Trinajstić information content (AvgIpc) is 3.35. The number of aromatic nitrogens is 1. The maximum Gasteiger partial charge on any atom is 0.270 e. The van der Waals surface area contributed by atoms with Crippen LogP contribution in [0.4, 0.5) is 0 Å². The number of piperidine rings is 1. The minimum atomic E-state index is -0.110. The highest BCUT2D eigenvalue weighted by Crippen LogP contribution is 2.37. The van der Waals surface area contributed by atoms with Crippen LogP contribution in [-0.4, -0.2) is 42.7 Å². The van der Waals surface area contributed by atoms with Crippen molar-refractivity contribution < 1.29 is 14.3 Å². The van der Waals surface area contributed by atoms with Crippen LogP contribution in [0.5, 0.6) is 11.5 Å². The molecule has 2 aliphatic rings. The standard InChI is InChI=1S/C19H23N3O3S/c1-12(14-3-4-16-17(9-14)25-11-24-16)22-7-5-13(6-8-22)19-21-15(10-26-19)18(23)20-2/h3-4,9-10,12-13H,5-8,11H2,1-2H3,(H,20,23). The van der Waals surface area contributed by atoms with Gasteiger partial charge in [-0.25, -0.2) is 4.98 Å². The number of nitrogens with one attached hydrogen (secondary N) is 1. The second-order valence-electron chi connectivity index (χ2n) is 6.75. The molecule has 4 rings (SSSR count). The van der Waals surface area contributed by atoms with Crippen LogP contribution in [0.1, 0.15) is 52.8 Å². The topological polar surface area (TPSA) is 63.7 Å². The zero-order valence-corrected chi connectivity index (χ0v) is 15.8. The Bertz CT molecular complexity index is 799. The number of carbonyl (C=O) groups excluding carboxylic acids is 1. The number of thiazole rings is 1. The van der Waals surface area contributed by atoms with E-state index in [1.807, 2.05) is 11.4 Å². The third-order valence-electron chi connectivity index (χ3n) is 5.29. The van der Waals surface area contributed by atoms with Crippen LogP contribution in [0, 0.1) is 0 Å². The number of carbonyl (C=O) groups is 1. The molecule has 0 bridgehead atoms. The highest BCUT2D eigenvalue weighted by atomic mass is 32.1. The zero-order chi connectivity index (χ0) is 18.1. The number of fused-ring (bicyclic) bond motifs is 1. The summed E-state index contributed by atoms with van der Waals surface area (Å²) in [5, 5.41) is 5.57. The van der Waals surface area contributed by atoms with Crippen LogP contribution in [-0.2, 0) is 0 Å². The van der Waals surface area contributed by atoms with Gasteiger partial charge in [-0.05, 0) is 50.6 Å². The van der Waals surface area contributed by atoms with Gasteiger partial charge in [0.2, 0.25) is 6.79 Å². The fourth-order valence-corrected chi connectivity index (χ4v) is 4.60. The molecule has 2 aromatic rings. The second kappa shape index (κ2) is 7.25. The first kappa shape index (κ1) is 17.3. The van der Waals surface area contributed by atoms with E-state index in [4.69, 9.17) is 9.47 Å². The van der Waals surface area contributed by atoms with Gasteiger partial charge in [0, 0.05) is 24.4 Å². The van der Waals surface area contributed by atoms with E-state index in [2.05, 4.69) is 34.3 Å². The van der Waals surface area contributed by atoms with Crippen molar-refractivity contribution in [3.8, 4) is 11.5 Å². The molecule has 0 spiro atoms. The van der Waals surface area contributed by atoms with Crippen molar-refractivity contribution >= 4 is 17.2 Å². The maximum absolute atomic E-state index is 11.7. The largest absolute Gasteiger partial charge is 0.454 e. The van der Waals surface area contributed by atoms with Gasteiger partial charge in [-0.15, -0.1) is 11.3 Å². The first-order valence-corrected chi connectivity index (χ1v) is 9.84. The van der Waals surface area contributed by atoms with E-state index in [1.165, 1.54) is 5.56 Å². The highest BCUT2D eigenvalue weighted by Gasteiger charge is 2.27. The third kappa shape index (κ3) is 3.29. The summed E-state index contributed by atoms with van der Waals surface area (Å²) in [7, 11) is 1.64. The summed E-state index contributed by atoms with van der Waals surface area (Å²) in [6.07, 6.45) is 2.13. The molecule has 1 N–H and O–H groups in total. The first-order valence-electron chi connectivity index (χ1n) is 8.97. The summed E-state index contributed by atoms with van der Waals surface area (Å²) in [4.78, 5) is 18.7. The Morgan fingerprint density at radius 1 is 1.31 bits per heavy atom. The molecule has 3 heterocycles. The van der Waals surface area contributed by atoms with Crippen molar-refractivity contribution in [2.45, 2.75) is 31.7 Å². The number of likely N-dealkylation sites (tertiary alicyclic amines) is 1. The molecule has 1 aromatic heterocycles. The summed E-state index contributed by atoms with van der Waals surface area (Å²) in [5.41, 5.74) is 1.78. The molecule has 0 aliphatic carbocycles. The summed E-state index contributed by atoms with van der Waals surface area (Å²) in [5.74, 6) is 2.00. The molecular formula is C19H23N3O3S. The van der Waals surface area contributed by atoms with Gasteiger partial charge in [0.05, 0.1) is 5.01 Å². The van der Waals surface area contributed by atoms with Crippen molar-refractivity contribution in [1.82, 2.24) is 15.2 Å². The molecule has 2 aliphatic heterocycles. The van der Waals surface area contributed by atoms with Crippen molar-refractivity contribution in [1.29, 1.82) is 0 Å². The molecule has 138 valence electrons. The van der Waals surface area contributed by atoms with Crippen LogP contribution in [0.2, 0.25) is 0 Å². The molecule has 1 unspecified atom stereocenters. The molecule has 1 amide bonds.